The molecule has 17 heavy (non-hydrogen) atoms. The van der Waals surface area contributed by atoms with Gasteiger partial charge >= 0.3 is 6.18 Å². The summed E-state index contributed by atoms with van der Waals surface area (Å²) in [5.41, 5.74) is 0. The number of ether oxygens (including phenoxy) is 1. The summed E-state index contributed by atoms with van der Waals surface area (Å²) in [6, 6.07) is -1.50. The second-order valence-electron chi connectivity index (χ2n) is 4.81. The van der Waals surface area contributed by atoms with E-state index in [1.165, 1.54) is 4.90 Å². The summed E-state index contributed by atoms with van der Waals surface area (Å²) in [5.74, 6) is 0. The van der Waals surface area contributed by atoms with Crippen molar-refractivity contribution in [3.8, 4) is 0 Å². The number of halogens is 3. The van der Waals surface area contributed by atoms with Gasteiger partial charge in [0, 0.05) is 19.7 Å². The number of likely N-dealkylation sites (tertiary alicyclic amines) is 1. The van der Waals surface area contributed by atoms with Gasteiger partial charge in [-0.3, -0.25) is 4.90 Å². The van der Waals surface area contributed by atoms with Crippen LogP contribution in [0.15, 0.2) is 0 Å². The zero-order valence-corrected chi connectivity index (χ0v) is 9.62. The van der Waals surface area contributed by atoms with Crippen molar-refractivity contribution in [3.63, 3.8) is 0 Å². The highest BCUT2D eigenvalue weighted by atomic mass is 19.4. The maximum atomic E-state index is 13.1. The molecule has 0 saturated carbocycles. The number of rotatable bonds is 2. The number of hydrogen-bond donors (Lipinski definition) is 1. The molecule has 6 heteroatoms. The molecule has 100 valence electrons. The predicted octanol–water partition coefficient (Wildman–Crippen LogP) is 1.55. The molecule has 0 spiro atoms. The van der Waals surface area contributed by atoms with Crippen molar-refractivity contribution in [1.82, 2.24) is 4.90 Å². The van der Waals surface area contributed by atoms with Crippen LogP contribution in [0.3, 0.4) is 0 Å². The first-order chi connectivity index (χ1) is 7.98. The highest BCUT2D eigenvalue weighted by Crippen LogP contribution is 2.34. The van der Waals surface area contributed by atoms with Crippen molar-refractivity contribution in [2.75, 3.05) is 19.7 Å². The van der Waals surface area contributed by atoms with Gasteiger partial charge < -0.3 is 9.84 Å². The van der Waals surface area contributed by atoms with E-state index in [0.29, 0.717) is 45.4 Å². The molecular weight excluding hydrogens is 235 g/mol. The summed E-state index contributed by atoms with van der Waals surface area (Å²) in [6.45, 7) is 1.02. The Morgan fingerprint density at radius 2 is 1.82 bits per heavy atom. The molecule has 2 heterocycles. The van der Waals surface area contributed by atoms with Crippen LogP contribution in [0.25, 0.3) is 0 Å². The Balaban J connectivity index is 2.04. The first kappa shape index (κ1) is 13.1. The van der Waals surface area contributed by atoms with Crippen LogP contribution in [0.1, 0.15) is 25.7 Å². The third-order valence-electron chi connectivity index (χ3n) is 3.54. The lowest BCUT2D eigenvalue weighted by atomic mass is 10.0. The largest absolute Gasteiger partial charge is 0.406 e. The van der Waals surface area contributed by atoms with Crippen molar-refractivity contribution >= 4 is 0 Å². The molecule has 2 fully saturated rings. The first-order valence-corrected chi connectivity index (χ1v) is 6.09. The van der Waals surface area contributed by atoms with E-state index in [1.54, 1.807) is 0 Å². The normalized spacial score (nSPS) is 30.7. The average Bonchev–Trinajstić information content (AvgIpc) is 2.72. The van der Waals surface area contributed by atoms with Crippen LogP contribution in [-0.4, -0.2) is 54.1 Å². The number of hydrogen-bond acceptors (Lipinski definition) is 3. The molecule has 0 aromatic rings. The summed E-state index contributed by atoms with van der Waals surface area (Å²) in [6.07, 6.45) is -3.43. The fourth-order valence-corrected chi connectivity index (χ4v) is 2.67. The number of aliphatic hydroxyl groups is 1. The molecule has 2 aliphatic heterocycles. The van der Waals surface area contributed by atoms with Crippen LogP contribution in [0.5, 0.6) is 0 Å². The molecule has 0 aromatic heterocycles. The lowest BCUT2D eigenvalue weighted by Gasteiger charge is -2.39. The van der Waals surface area contributed by atoms with Gasteiger partial charge in [-0.15, -0.1) is 0 Å². The molecule has 2 atom stereocenters. The molecular formula is C11H18F3NO2. The van der Waals surface area contributed by atoms with E-state index in [1.807, 2.05) is 0 Å². The summed E-state index contributed by atoms with van der Waals surface area (Å²) in [5, 5.41) is 9.34. The van der Waals surface area contributed by atoms with E-state index >= 15 is 0 Å². The smallest absolute Gasteiger partial charge is 0.393 e. The average molecular weight is 253 g/mol. The molecule has 0 aromatic carbocycles. The van der Waals surface area contributed by atoms with E-state index < -0.39 is 24.4 Å². The third kappa shape index (κ3) is 3.11. The summed E-state index contributed by atoms with van der Waals surface area (Å²) in [4.78, 5) is 1.42. The summed E-state index contributed by atoms with van der Waals surface area (Å²) < 4.78 is 44.4. The molecule has 2 aliphatic rings. The highest BCUT2D eigenvalue weighted by molar-refractivity contribution is 4.90. The Morgan fingerprint density at radius 1 is 1.18 bits per heavy atom. The Bertz CT molecular complexity index is 246. The van der Waals surface area contributed by atoms with Crippen molar-refractivity contribution < 1.29 is 23.0 Å². The van der Waals surface area contributed by atoms with E-state index in [2.05, 4.69) is 0 Å². The van der Waals surface area contributed by atoms with Gasteiger partial charge in [0.1, 0.15) is 6.04 Å². The maximum absolute atomic E-state index is 13.1. The Morgan fingerprint density at radius 3 is 2.29 bits per heavy atom. The van der Waals surface area contributed by atoms with Gasteiger partial charge in [-0.1, -0.05) is 0 Å². The maximum Gasteiger partial charge on any atom is 0.406 e. The Hall–Kier alpha value is -0.330. The molecule has 1 N–H and O–H groups in total. The fourth-order valence-electron chi connectivity index (χ4n) is 2.67. The van der Waals surface area contributed by atoms with Crippen LogP contribution < -0.4 is 0 Å². The summed E-state index contributed by atoms with van der Waals surface area (Å²) in [7, 11) is 0. The van der Waals surface area contributed by atoms with Gasteiger partial charge in [0.05, 0.1) is 12.2 Å². The monoisotopic (exact) mass is 253 g/mol. The van der Waals surface area contributed by atoms with E-state index in [-0.39, 0.29) is 0 Å². The SMILES string of the molecule is OC1CCN(C(C2CCCO2)C(F)(F)F)CC1. The number of aliphatic hydroxyl groups excluding tert-OH is 1. The third-order valence-corrected chi connectivity index (χ3v) is 3.54. The molecule has 0 amide bonds. The minimum absolute atomic E-state index is 0.297. The second-order valence-corrected chi connectivity index (χ2v) is 4.81. The predicted molar refractivity (Wildman–Crippen MR) is 55.6 cm³/mol. The molecule has 0 bridgehead atoms. The van der Waals surface area contributed by atoms with Gasteiger partial charge in [0.25, 0.3) is 0 Å². The zero-order valence-electron chi connectivity index (χ0n) is 9.62. The number of alkyl halides is 3. The summed E-state index contributed by atoms with van der Waals surface area (Å²) >= 11 is 0. The molecule has 0 aliphatic carbocycles. The highest BCUT2D eigenvalue weighted by Gasteiger charge is 2.50. The van der Waals surface area contributed by atoms with Crippen LogP contribution in [0.2, 0.25) is 0 Å². The second kappa shape index (κ2) is 5.12. The first-order valence-electron chi connectivity index (χ1n) is 6.09. The van der Waals surface area contributed by atoms with Gasteiger partial charge in [0.2, 0.25) is 0 Å². The van der Waals surface area contributed by atoms with Crippen molar-refractivity contribution in [2.24, 2.45) is 0 Å². The van der Waals surface area contributed by atoms with Crippen molar-refractivity contribution in [2.45, 2.75) is 50.1 Å². The van der Waals surface area contributed by atoms with Crippen LogP contribution in [0.4, 0.5) is 13.2 Å². The van der Waals surface area contributed by atoms with Crippen molar-refractivity contribution in [3.05, 3.63) is 0 Å². The minimum atomic E-state index is -4.25. The van der Waals surface area contributed by atoms with Crippen LogP contribution in [0, 0.1) is 0 Å². The lowest BCUT2D eigenvalue weighted by Crippen LogP contribution is -2.55. The lowest BCUT2D eigenvalue weighted by molar-refractivity contribution is -0.213. The van der Waals surface area contributed by atoms with Gasteiger partial charge in [-0.05, 0) is 25.7 Å². The van der Waals surface area contributed by atoms with Crippen LogP contribution >= 0.6 is 0 Å². The zero-order chi connectivity index (χ0) is 12.5. The fraction of sp³-hybridized carbons (Fsp3) is 1.00. The van der Waals surface area contributed by atoms with Crippen molar-refractivity contribution in [1.29, 1.82) is 0 Å². The topological polar surface area (TPSA) is 32.7 Å². The minimum Gasteiger partial charge on any atom is -0.393 e. The molecule has 0 radical (unpaired) electrons. The Labute approximate surface area is 98.5 Å². The molecule has 3 nitrogen and oxygen atoms in total. The van der Waals surface area contributed by atoms with Gasteiger partial charge in [-0.25, -0.2) is 0 Å². The molecule has 2 rings (SSSR count). The van der Waals surface area contributed by atoms with Gasteiger partial charge in [-0.2, -0.15) is 13.2 Å². The van der Waals surface area contributed by atoms with E-state index in [9.17, 15) is 18.3 Å². The van der Waals surface area contributed by atoms with E-state index in [4.69, 9.17) is 4.74 Å². The van der Waals surface area contributed by atoms with Gasteiger partial charge in [0.15, 0.2) is 0 Å². The van der Waals surface area contributed by atoms with E-state index in [0.717, 1.165) is 0 Å². The Kier molecular flexibility index (Phi) is 3.95. The number of nitrogens with zero attached hydrogens (tertiary/aromatic N) is 1. The molecule has 2 unspecified atom stereocenters. The van der Waals surface area contributed by atoms with Crippen LogP contribution in [-0.2, 0) is 4.74 Å². The number of piperidine rings is 1. The molecule has 2 saturated heterocycles. The quantitative estimate of drug-likeness (QED) is 0.810. The standard InChI is InChI=1S/C11H18F3NO2/c12-11(13,14)10(9-2-1-7-17-9)15-5-3-8(16)4-6-15/h8-10,16H,1-7H2.